The lowest BCUT2D eigenvalue weighted by atomic mass is 10.0. The molecule has 0 aromatic heterocycles. The van der Waals surface area contributed by atoms with Gasteiger partial charge in [-0.15, -0.1) is 0 Å². The highest BCUT2D eigenvalue weighted by Crippen LogP contribution is 2.27. The first-order valence-electron chi connectivity index (χ1n) is 7.55. The first-order chi connectivity index (χ1) is 10.9. The van der Waals surface area contributed by atoms with Gasteiger partial charge >= 0.3 is 0 Å². The summed E-state index contributed by atoms with van der Waals surface area (Å²) in [5, 5.41) is 0. The smallest absolute Gasteiger partial charge is 0.240 e. The summed E-state index contributed by atoms with van der Waals surface area (Å²) >= 11 is 0. The van der Waals surface area contributed by atoms with Gasteiger partial charge in [0.1, 0.15) is 5.75 Å². The van der Waals surface area contributed by atoms with Gasteiger partial charge in [-0.3, -0.25) is 0 Å². The summed E-state index contributed by atoms with van der Waals surface area (Å²) in [6.07, 6.45) is 0. The Kier molecular flexibility index (Phi) is 5.44. The fourth-order valence-corrected chi connectivity index (χ4v) is 3.92. The van der Waals surface area contributed by atoms with E-state index in [1.54, 1.807) is 26.2 Å². The van der Waals surface area contributed by atoms with Crippen LogP contribution < -0.4 is 9.46 Å². The molecule has 4 nitrogen and oxygen atoms in total. The number of benzene rings is 2. The molecule has 1 N–H and O–H groups in total. The van der Waals surface area contributed by atoms with Crippen LogP contribution >= 0.6 is 0 Å². The van der Waals surface area contributed by atoms with Gasteiger partial charge in [0.05, 0.1) is 12.0 Å². The maximum atomic E-state index is 12.6. The second kappa shape index (κ2) is 7.15. The molecular formula is C18H23NO3S. The van der Waals surface area contributed by atoms with E-state index in [4.69, 9.17) is 4.74 Å². The minimum Gasteiger partial charge on any atom is -0.496 e. The van der Waals surface area contributed by atoms with Crippen molar-refractivity contribution in [2.45, 2.75) is 31.6 Å². The van der Waals surface area contributed by atoms with Gasteiger partial charge in [0.15, 0.2) is 0 Å². The fraction of sp³-hybridized carbons (Fsp3) is 0.333. The van der Waals surface area contributed by atoms with E-state index in [1.807, 2.05) is 44.2 Å². The number of sulfonamides is 1. The SMILES string of the molecule is COc1ccc(S(=O)(=O)NC[C@@H](C)c2ccccc2)c(C)c1C. The van der Waals surface area contributed by atoms with E-state index in [-0.39, 0.29) is 5.92 Å². The largest absolute Gasteiger partial charge is 0.496 e. The molecule has 2 rings (SSSR count). The predicted octanol–water partition coefficient (Wildman–Crippen LogP) is 3.39. The van der Waals surface area contributed by atoms with Crippen LogP contribution in [-0.4, -0.2) is 22.1 Å². The van der Waals surface area contributed by atoms with Crippen molar-refractivity contribution < 1.29 is 13.2 Å². The van der Waals surface area contributed by atoms with Crippen LogP contribution in [0.3, 0.4) is 0 Å². The highest BCUT2D eigenvalue weighted by Gasteiger charge is 2.20. The van der Waals surface area contributed by atoms with Gasteiger partial charge in [-0.1, -0.05) is 37.3 Å². The average Bonchev–Trinajstić information content (AvgIpc) is 2.55. The van der Waals surface area contributed by atoms with Crippen LogP contribution in [0.25, 0.3) is 0 Å². The van der Waals surface area contributed by atoms with Crippen molar-refractivity contribution in [1.82, 2.24) is 4.72 Å². The summed E-state index contributed by atoms with van der Waals surface area (Å²) in [5.74, 6) is 0.796. The molecule has 0 saturated heterocycles. The summed E-state index contributed by atoms with van der Waals surface area (Å²) in [5.41, 5.74) is 2.66. The topological polar surface area (TPSA) is 55.4 Å². The molecule has 0 saturated carbocycles. The molecule has 0 bridgehead atoms. The molecular weight excluding hydrogens is 310 g/mol. The van der Waals surface area contributed by atoms with Crippen molar-refractivity contribution in [3.63, 3.8) is 0 Å². The molecule has 5 heteroatoms. The molecule has 0 amide bonds. The summed E-state index contributed by atoms with van der Waals surface area (Å²) in [7, 11) is -1.97. The third kappa shape index (κ3) is 3.92. The van der Waals surface area contributed by atoms with E-state index < -0.39 is 10.0 Å². The van der Waals surface area contributed by atoms with Crippen molar-refractivity contribution in [3.8, 4) is 5.75 Å². The molecule has 0 fully saturated rings. The van der Waals surface area contributed by atoms with Gasteiger partial charge in [-0.2, -0.15) is 0 Å². The molecule has 0 unspecified atom stereocenters. The first kappa shape index (κ1) is 17.5. The molecule has 0 radical (unpaired) electrons. The highest BCUT2D eigenvalue weighted by molar-refractivity contribution is 7.89. The van der Waals surface area contributed by atoms with Crippen LogP contribution in [0.1, 0.15) is 29.5 Å². The number of hydrogen-bond acceptors (Lipinski definition) is 3. The number of ether oxygens (including phenoxy) is 1. The Bertz CT molecular complexity index is 770. The number of hydrogen-bond donors (Lipinski definition) is 1. The molecule has 1 atom stereocenters. The van der Waals surface area contributed by atoms with E-state index in [2.05, 4.69) is 4.72 Å². The summed E-state index contributed by atoms with van der Waals surface area (Å²) in [6, 6.07) is 13.1. The standard InChI is InChI=1S/C18H23NO3S/c1-13(16-8-6-5-7-9-16)12-19-23(20,21)18-11-10-17(22-4)14(2)15(18)3/h5-11,13,19H,12H2,1-4H3/t13-/m1/s1. The third-order valence-electron chi connectivity index (χ3n) is 4.15. The summed E-state index contributed by atoms with van der Waals surface area (Å²) < 4.78 is 33.1. The lowest BCUT2D eigenvalue weighted by Gasteiger charge is -2.16. The molecule has 124 valence electrons. The minimum absolute atomic E-state index is 0.102. The van der Waals surface area contributed by atoms with Crippen LogP contribution in [0.4, 0.5) is 0 Å². The summed E-state index contributed by atoms with van der Waals surface area (Å²) in [6.45, 7) is 6.02. The molecule has 2 aromatic rings. The Labute approximate surface area is 138 Å². The van der Waals surface area contributed by atoms with Gasteiger partial charge in [0.25, 0.3) is 0 Å². The van der Waals surface area contributed by atoms with Crippen LogP contribution in [0.2, 0.25) is 0 Å². The van der Waals surface area contributed by atoms with Gasteiger partial charge in [-0.05, 0) is 48.6 Å². The summed E-state index contributed by atoms with van der Waals surface area (Å²) in [4.78, 5) is 0.302. The van der Waals surface area contributed by atoms with Gasteiger partial charge < -0.3 is 4.74 Å². The van der Waals surface area contributed by atoms with E-state index in [1.165, 1.54) is 0 Å². The normalized spacial score (nSPS) is 12.9. The Balaban J connectivity index is 2.18. The molecule has 0 spiro atoms. The predicted molar refractivity (Wildman–Crippen MR) is 92.5 cm³/mol. The molecule has 0 aliphatic carbocycles. The molecule has 0 aliphatic rings. The van der Waals surface area contributed by atoms with Crippen LogP contribution in [0.5, 0.6) is 5.75 Å². The van der Waals surface area contributed by atoms with Crippen molar-refractivity contribution in [3.05, 3.63) is 59.2 Å². The Hall–Kier alpha value is -1.85. The van der Waals surface area contributed by atoms with Crippen molar-refractivity contribution in [1.29, 1.82) is 0 Å². The van der Waals surface area contributed by atoms with Crippen molar-refractivity contribution >= 4 is 10.0 Å². The Morgan fingerprint density at radius 1 is 1.04 bits per heavy atom. The molecule has 0 heterocycles. The average molecular weight is 333 g/mol. The zero-order valence-electron chi connectivity index (χ0n) is 14.0. The van der Waals surface area contributed by atoms with E-state index in [0.29, 0.717) is 22.8 Å². The zero-order chi connectivity index (χ0) is 17.0. The zero-order valence-corrected chi connectivity index (χ0v) is 14.8. The number of rotatable bonds is 6. The Morgan fingerprint density at radius 3 is 2.30 bits per heavy atom. The second-order valence-electron chi connectivity index (χ2n) is 5.68. The van der Waals surface area contributed by atoms with Crippen LogP contribution in [0.15, 0.2) is 47.4 Å². The van der Waals surface area contributed by atoms with Crippen molar-refractivity contribution in [2.24, 2.45) is 0 Å². The maximum absolute atomic E-state index is 12.6. The van der Waals surface area contributed by atoms with E-state index in [0.717, 1.165) is 11.1 Å². The van der Waals surface area contributed by atoms with Gasteiger partial charge in [-0.25, -0.2) is 13.1 Å². The minimum atomic E-state index is -3.55. The maximum Gasteiger partial charge on any atom is 0.240 e. The highest BCUT2D eigenvalue weighted by atomic mass is 32.2. The monoisotopic (exact) mass is 333 g/mol. The number of nitrogens with one attached hydrogen (secondary N) is 1. The fourth-order valence-electron chi connectivity index (χ4n) is 2.50. The molecule has 2 aromatic carbocycles. The lowest BCUT2D eigenvalue weighted by Crippen LogP contribution is -2.28. The third-order valence-corrected chi connectivity index (χ3v) is 5.71. The van der Waals surface area contributed by atoms with Gasteiger partial charge in [0, 0.05) is 6.54 Å². The quantitative estimate of drug-likeness (QED) is 0.881. The lowest BCUT2D eigenvalue weighted by molar-refractivity contribution is 0.410. The van der Waals surface area contributed by atoms with Crippen LogP contribution in [-0.2, 0) is 10.0 Å². The first-order valence-corrected chi connectivity index (χ1v) is 9.04. The van der Waals surface area contributed by atoms with E-state index in [9.17, 15) is 8.42 Å². The Morgan fingerprint density at radius 2 is 1.70 bits per heavy atom. The second-order valence-corrected chi connectivity index (χ2v) is 7.41. The van der Waals surface area contributed by atoms with E-state index >= 15 is 0 Å². The molecule has 0 aliphatic heterocycles. The van der Waals surface area contributed by atoms with Gasteiger partial charge in [0.2, 0.25) is 10.0 Å². The van der Waals surface area contributed by atoms with Crippen molar-refractivity contribution in [2.75, 3.05) is 13.7 Å². The molecule has 23 heavy (non-hydrogen) atoms. The number of methoxy groups -OCH3 is 1. The van der Waals surface area contributed by atoms with Crippen LogP contribution in [0, 0.1) is 13.8 Å².